The SMILES string of the molecule is CCN(Cc1ccccc1)C(=O)c1cnc(Nc2ccc(OC)c(Cl)c2)nc1. The van der Waals surface area contributed by atoms with Crippen LogP contribution in [0.3, 0.4) is 0 Å². The van der Waals surface area contributed by atoms with Crippen molar-refractivity contribution in [3.63, 3.8) is 0 Å². The molecule has 0 aliphatic carbocycles. The number of rotatable bonds is 7. The van der Waals surface area contributed by atoms with Crippen molar-refractivity contribution in [3.8, 4) is 5.75 Å². The Hall–Kier alpha value is -3.12. The van der Waals surface area contributed by atoms with Crippen molar-refractivity contribution in [1.29, 1.82) is 0 Å². The van der Waals surface area contributed by atoms with Gasteiger partial charge in [-0.1, -0.05) is 41.9 Å². The van der Waals surface area contributed by atoms with Gasteiger partial charge in [0.05, 0.1) is 17.7 Å². The Balaban J connectivity index is 1.69. The van der Waals surface area contributed by atoms with E-state index in [1.54, 1.807) is 24.1 Å². The molecule has 6 nitrogen and oxygen atoms in total. The minimum Gasteiger partial charge on any atom is -0.495 e. The number of nitrogens with one attached hydrogen (secondary N) is 1. The fourth-order valence-corrected chi connectivity index (χ4v) is 2.95. The molecule has 1 amide bonds. The maximum absolute atomic E-state index is 12.8. The summed E-state index contributed by atoms with van der Waals surface area (Å²) in [5.74, 6) is 0.862. The van der Waals surface area contributed by atoms with Crippen LogP contribution in [0.25, 0.3) is 0 Å². The van der Waals surface area contributed by atoms with Crippen molar-refractivity contribution in [2.75, 3.05) is 19.0 Å². The molecule has 1 heterocycles. The quantitative estimate of drug-likeness (QED) is 0.634. The van der Waals surface area contributed by atoms with E-state index in [0.29, 0.717) is 35.4 Å². The number of carbonyl (C=O) groups excluding carboxylic acids is 1. The third-order valence-electron chi connectivity index (χ3n) is 4.19. The van der Waals surface area contributed by atoms with E-state index < -0.39 is 0 Å². The smallest absolute Gasteiger partial charge is 0.257 e. The number of hydrogen-bond acceptors (Lipinski definition) is 5. The summed E-state index contributed by atoms with van der Waals surface area (Å²) in [5.41, 5.74) is 2.24. The first-order valence-corrected chi connectivity index (χ1v) is 9.24. The highest BCUT2D eigenvalue weighted by Gasteiger charge is 2.15. The van der Waals surface area contributed by atoms with Gasteiger partial charge in [0.15, 0.2) is 0 Å². The zero-order chi connectivity index (χ0) is 19.9. The molecule has 0 spiro atoms. The van der Waals surface area contributed by atoms with Crippen molar-refractivity contribution in [2.24, 2.45) is 0 Å². The fraction of sp³-hybridized carbons (Fsp3) is 0.190. The number of amides is 1. The normalized spacial score (nSPS) is 10.4. The Kier molecular flexibility index (Phi) is 6.45. The molecular weight excluding hydrogens is 376 g/mol. The van der Waals surface area contributed by atoms with Crippen LogP contribution >= 0.6 is 11.6 Å². The average Bonchev–Trinajstić information content (AvgIpc) is 2.73. The number of methoxy groups -OCH3 is 1. The van der Waals surface area contributed by atoms with Crippen LogP contribution in [0.5, 0.6) is 5.75 Å². The van der Waals surface area contributed by atoms with E-state index in [-0.39, 0.29) is 5.91 Å². The summed E-state index contributed by atoms with van der Waals surface area (Å²) in [7, 11) is 1.56. The summed E-state index contributed by atoms with van der Waals surface area (Å²) in [6, 6.07) is 15.2. The van der Waals surface area contributed by atoms with Gasteiger partial charge in [-0.25, -0.2) is 9.97 Å². The van der Waals surface area contributed by atoms with Crippen LogP contribution in [0.2, 0.25) is 5.02 Å². The van der Waals surface area contributed by atoms with E-state index in [2.05, 4.69) is 15.3 Å². The van der Waals surface area contributed by atoms with Crippen molar-refractivity contribution in [2.45, 2.75) is 13.5 Å². The zero-order valence-electron chi connectivity index (χ0n) is 15.7. The summed E-state index contributed by atoms with van der Waals surface area (Å²) >= 11 is 6.12. The van der Waals surface area contributed by atoms with Crippen LogP contribution in [-0.4, -0.2) is 34.4 Å². The lowest BCUT2D eigenvalue weighted by atomic mass is 10.2. The minimum absolute atomic E-state index is 0.106. The van der Waals surface area contributed by atoms with Gasteiger partial charge in [0.25, 0.3) is 5.91 Å². The van der Waals surface area contributed by atoms with Crippen LogP contribution < -0.4 is 10.1 Å². The standard InChI is InChI=1S/C21H21ClN4O2/c1-3-26(14-15-7-5-4-6-8-15)20(27)16-12-23-21(24-13-16)25-17-9-10-19(28-2)18(22)11-17/h4-13H,3,14H2,1-2H3,(H,23,24,25). The lowest BCUT2D eigenvalue weighted by molar-refractivity contribution is 0.0752. The zero-order valence-corrected chi connectivity index (χ0v) is 16.5. The number of aromatic nitrogens is 2. The predicted octanol–water partition coefficient (Wildman–Crippen LogP) is 4.54. The molecule has 28 heavy (non-hydrogen) atoms. The van der Waals surface area contributed by atoms with Crippen LogP contribution in [-0.2, 0) is 6.54 Å². The number of anilines is 2. The summed E-state index contributed by atoms with van der Waals surface area (Å²) in [4.78, 5) is 23.0. The highest BCUT2D eigenvalue weighted by molar-refractivity contribution is 6.32. The molecule has 0 fully saturated rings. The number of carbonyl (C=O) groups is 1. The maximum atomic E-state index is 12.8. The molecule has 2 aromatic carbocycles. The highest BCUT2D eigenvalue weighted by Crippen LogP contribution is 2.28. The Bertz CT molecular complexity index is 933. The van der Waals surface area contributed by atoms with Crippen molar-refractivity contribution in [1.82, 2.24) is 14.9 Å². The molecule has 0 saturated heterocycles. The molecule has 0 atom stereocenters. The predicted molar refractivity (Wildman–Crippen MR) is 110 cm³/mol. The molecule has 0 aliphatic heterocycles. The first-order chi connectivity index (χ1) is 13.6. The average molecular weight is 397 g/mol. The summed E-state index contributed by atoms with van der Waals surface area (Å²) in [6.07, 6.45) is 3.05. The fourth-order valence-electron chi connectivity index (χ4n) is 2.69. The molecule has 0 bridgehead atoms. The Morgan fingerprint density at radius 2 is 1.86 bits per heavy atom. The van der Waals surface area contributed by atoms with Crippen LogP contribution in [0.15, 0.2) is 60.9 Å². The van der Waals surface area contributed by atoms with E-state index in [0.717, 1.165) is 11.3 Å². The van der Waals surface area contributed by atoms with Gasteiger partial charge in [-0.3, -0.25) is 4.79 Å². The number of hydrogen-bond donors (Lipinski definition) is 1. The molecule has 3 aromatic rings. The molecule has 144 valence electrons. The number of nitrogens with zero attached hydrogens (tertiary/aromatic N) is 3. The molecule has 1 N–H and O–H groups in total. The molecule has 1 aromatic heterocycles. The first kappa shape index (κ1) is 19.6. The second-order valence-corrected chi connectivity index (χ2v) is 6.48. The summed E-state index contributed by atoms with van der Waals surface area (Å²) in [6.45, 7) is 3.09. The van der Waals surface area contributed by atoms with E-state index >= 15 is 0 Å². The van der Waals surface area contributed by atoms with Gasteiger partial charge in [-0.05, 0) is 30.7 Å². The Labute approximate surface area is 169 Å². The Morgan fingerprint density at radius 1 is 1.14 bits per heavy atom. The van der Waals surface area contributed by atoms with Gasteiger partial charge in [-0.2, -0.15) is 0 Å². The third-order valence-corrected chi connectivity index (χ3v) is 4.49. The number of ether oxygens (including phenoxy) is 1. The second-order valence-electron chi connectivity index (χ2n) is 6.07. The first-order valence-electron chi connectivity index (χ1n) is 8.86. The van der Waals surface area contributed by atoms with Crippen molar-refractivity contribution >= 4 is 29.1 Å². The van der Waals surface area contributed by atoms with Crippen molar-refractivity contribution < 1.29 is 9.53 Å². The molecule has 0 radical (unpaired) electrons. The second kappa shape index (κ2) is 9.19. The van der Waals surface area contributed by atoms with Gasteiger partial charge in [0.2, 0.25) is 5.95 Å². The van der Waals surface area contributed by atoms with Crippen LogP contribution in [0.4, 0.5) is 11.6 Å². The van der Waals surface area contributed by atoms with Gasteiger partial charge in [0, 0.05) is 31.2 Å². The topological polar surface area (TPSA) is 67.4 Å². The number of halogens is 1. The van der Waals surface area contributed by atoms with E-state index in [1.807, 2.05) is 43.3 Å². The molecule has 0 unspecified atom stereocenters. The summed E-state index contributed by atoms with van der Waals surface area (Å²) < 4.78 is 5.13. The molecule has 0 saturated carbocycles. The Morgan fingerprint density at radius 3 is 2.46 bits per heavy atom. The van der Waals surface area contributed by atoms with Gasteiger partial charge >= 0.3 is 0 Å². The van der Waals surface area contributed by atoms with Gasteiger partial charge < -0.3 is 15.0 Å². The van der Waals surface area contributed by atoms with Crippen LogP contribution in [0.1, 0.15) is 22.8 Å². The van der Waals surface area contributed by atoms with Crippen molar-refractivity contribution in [3.05, 3.63) is 77.1 Å². The summed E-state index contributed by atoms with van der Waals surface area (Å²) in [5, 5.41) is 3.54. The van der Waals surface area contributed by atoms with Gasteiger partial charge in [-0.15, -0.1) is 0 Å². The van der Waals surface area contributed by atoms with E-state index in [4.69, 9.17) is 16.3 Å². The highest BCUT2D eigenvalue weighted by atomic mass is 35.5. The molecule has 3 rings (SSSR count). The lowest BCUT2D eigenvalue weighted by Gasteiger charge is -2.20. The van der Waals surface area contributed by atoms with Gasteiger partial charge in [0.1, 0.15) is 5.75 Å². The maximum Gasteiger partial charge on any atom is 0.257 e. The molecule has 7 heteroatoms. The van der Waals surface area contributed by atoms with E-state index in [1.165, 1.54) is 12.4 Å². The molecule has 0 aliphatic rings. The largest absolute Gasteiger partial charge is 0.495 e. The number of benzene rings is 2. The lowest BCUT2D eigenvalue weighted by Crippen LogP contribution is -2.30. The van der Waals surface area contributed by atoms with Crippen LogP contribution in [0, 0.1) is 0 Å². The molecular formula is C21H21ClN4O2. The van der Waals surface area contributed by atoms with E-state index in [9.17, 15) is 4.79 Å². The monoisotopic (exact) mass is 396 g/mol. The third kappa shape index (κ3) is 4.78. The minimum atomic E-state index is -0.106.